The molecule has 0 spiro atoms. The molecule has 0 saturated heterocycles. The van der Waals surface area contributed by atoms with Crippen molar-refractivity contribution in [1.82, 2.24) is 4.98 Å². The molecule has 0 unspecified atom stereocenters. The molecule has 0 bridgehead atoms. The third-order valence-corrected chi connectivity index (χ3v) is 2.46. The Balaban J connectivity index is 2.71. The quantitative estimate of drug-likeness (QED) is 0.368. The van der Waals surface area contributed by atoms with Crippen LogP contribution in [-0.2, 0) is 0 Å². The Morgan fingerprint density at radius 3 is 2.74 bits per heavy atom. The third kappa shape index (κ3) is 4.51. The van der Waals surface area contributed by atoms with Crippen LogP contribution in [0, 0.1) is 10.1 Å². The molecule has 8 nitrogen and oxygen atoms in total. The molecule has 0 saturated carbocycles. The monoisotopic (exact) mass is 269 g/mol. The smallest absolute Gasteiger partial charge is 0.364 e. The number of hydrogen-bond donors (Lipinski definition) is 3. The fraction of sp³-hybridized carbons (Fsp3) is 0.455. The average Bonchev–Trinajstić information content (AvgIpc) is 2.38. The van der Waals surface area contributed by atoms with E-state index in [2.05, 4.69) is 10.3 Å². The number of carboxylic acid groups (broad SMARTS) is 1. The molecule has 0 fully saturated rings. The number of aromatic carboxylic acids is 1. The molecule has 0 amide bonds. The van der Waals surface area contributed by atoms with E-state index in [9.17, 15) is 14.9 Å². The molecule has 8 heteroatoms. The van der Waals surface area contributed by atoms with E-state index < -0.39 is 16.7 Å². The first-order valence-electron chi connectivity index (χ1n) is 5.78. The van der Waals surface area contributed by atoms with Crippen molar-refractivity contribution in [3.63, 3.8) is 0 Å². The van der Waals surface area contributed by atoms with E-state index >= 15 is 0 Å². The van der Waals surface area contributed by atoms with Gasteiger partial charge in [-0.25, -0.2) is 4.79 Å². The highest BCUT2D eigenvalue weighted by atomic mass is 16.6. The second kappa shape index (κ2) is 7.27. The van der Waals surface area contributed by atoms with Crippen LogP contribution in [0.2, 0.25) is 0 Å². The van der Waals surface area contributed by atoms with Crippen molar-refractivity contribution in [2.45, 2.75) is 19.3 Å². The van der Waals surface area contributed by atoms with Crippen LogP contribution < -0.4 is 5.32 Å². The number of nitrogens with zero attached hydrogens (tertiary/aromatic N) is 2. The van der Waals surface area contributed by atoms with Gasteiger partial charge in [-0.2, -0.15) is 0 Å². The van der Waals surface area contributed by atoms with E-state index in [-0.39, 0.29) is 17.9 Å². The number of aliphatic hydroxyl groups is 1. The number of unbranched alkanes of at least 4 members (excludes halogenated alkanes) is 2. The Morgan fingerprint density at radius 1 is 1.42 bits per heavy atom. The first kappa shape index (κ1) is 14.8. The number of nitro groups is 1. The van der Waals surface area contributed by atoms with E-state index in [1.165, 1.54) is 0 Å². The van der Waals surface area contributed by atoms with Crippen molar-refractivity contribution in [3.8, 4) is 0 Å². The molecule has 0 aliphatic rings. The van der Waals surface area contributed by atoms with E-state index in [1.807, 2.05) is 0 Å². The van der Waals surface area contributed by atoms with Gasteiger partial charge in [-0.1, -0.05) is 0 Å². The minimum atomic E-state index is -1.25. The zero-order valence-electron chi connectivity index (χ0n) is 10.2. The number of hydrogen-bond acceptors (Lipinski definition) is 6. The van der Waals surface area contributed by atoms with Crippen LogP contribution in [0.3, 0.4) is 0 Å². The van der Waals surface area contributed by atoms with E-state index in [1.54, 1.807) is 0 Å². The van der Waals surface area contributed by atoms with Gasteiger partial charge < -0.3 is 25.6 Å². The summed E-state index contributed by atoms with van der Waals surface area (Å²) in [4.78, 5) is 24.4. The molecule has 0 aliphatic heterocycles. The van der Waals surface area contributed by atoms with Gasteiger partial charge in [0.05, 0.1) is 17.3 Å². The lowest BCUT2D eigenvalue weighted by Gasteiger charge is -2.07. The lowest BCUT2D eigenvalue weighted by atomic mass is 10.2. The summed E-state index contributed by atoms with van der Waals surface area (Å²) < 4.78 is 0. The van der Waals surface area contributed by atoms with Crippen LogP contribution in [0.1, 0.15) is 29.6 Å². The number of pyridine rings is 1. The first-order chi connectivity index (χ1) is 9.06. The second-order valence-corrected chi connectivity index (χ2v) is 3.86. The van der Waals surface area contributed by atoms with Crippen molar-refractivity contribution in [3.05, 3.63) is 27.9 Å². The Labute approximate surface area is 109 Å². The van der Waals surface area contributed by atoms with Gasteiger partial charge in [0.2, 0.25) is 0 Å². The average molecular weight is 269 g/mol. The van der Waals surface area contributed by atoms with E-state index in [4.69, 9.17) is 10.2 Å². The molecule has 19 heavy (non-hydrogen) atoms. The van der Waals surface area contributed by atoms with Gasteiger partial charge in [-0.3, -0.25) is 0 Å². The molecule has 1 heterocycles. The highest BCUT2D eigenvalue weighted by Gasteiger charge is 2.17. The minimum absolute atomic E-state index is 0.124. The summed E-state index contributed by atoms with van der Waals surface area (Å²) in [6.45, 7) is 0.638. The fourth-order valence-corrected chi connectivity index (χ4v) is 1.50. The SMILES string of the molecule is O=C(O)c1cc([N+](=O)[O-])ncc1NCCCCCO. The van der Waals surface area contributed by atoms with Crippen LogP contribution in [0.4, 0.5) is 11.5 Å². The largest absolute Gasteiger partial charge is 0.478 e. The number of anilines is 1. The maximum atomic E-state index is 11.0. The summed E-state index contributed by atoms with van der Waals surface area (Å²) in [5.41, 5.74) is 0.0750. The van der Waals surface area contributed by atoms with Gasteiger partial charge in [0.25, 0.3) is 0 Å². The Morgan fingerprint density at radius 2 is 2.16 bits per heavy atom. The molecule has 0 aromatic carbocycles. The minimum Gasteiger partial charge on any atom is -0.478 e. The van der Waals surface area contributed by atoms with Crippen molar-refractivity contribution in [2.75, 3.05) is 18.5 Å². The molecular formula is C11H15N3O5. The topological polar surface area (TPSA) is 126 Å². The lowest BCUT2D eigenvalue weighted by molar-refractivity contribution is -0.389. The summed E-state index contributed by atoms with van der Waals surface area (Å²) in [6.07, 6.45) is 3.41. The number of nitrogens with one attached hydrogen (secondary N) is 1. The number of aliphatic hydroxyl groups excluding tert-OH is 1. The standard InChI is InChI=1S/C11H15N3O5/c15-5-3-1-2-4-12-9-7-13-10(14(18)19)6-8(9)11(16)17/h6-7,12,15H,1-5H2,(H,16,17). The highest BCUT2D eigenvalue weighted by molar-refractivity contribution is 5.94. The van der Waals surface area contributed by atoms with Crippen molar-refractivity contribution >= 4 is 17.5 Å². The number of carbonyl (C=O) groups is 1. The maximum absolute atomic E-state index is 11.0. The Hall–Kier alpha value is -2.22. The van der Waals surface area contributed by atoms with E-state index in [0.29, 0.717) is 13.0 Å². The van der Waals surface area contributed by atoms with Gasteiger partial charge in [0.15, 0.2) is 6.20 Å². The summed E-state index contributed by atoms with van der Waals surface area (Å²) in [5.74, 6) is -1.74. The number of rotatable bonds is 8. The normalized spacial score (nSPS) is 10.2. The molecule has 1 aromatic rings. The van der Waals surface area contributed by atoms with Crippen LogP contribution in [0.25, 0.3) is 0 Å². The number of carboxylic acids is 1. The van der Waals surface area contributed by atoms with Crippen molar-refractivity contribution in [1.29, 1.82) is 0 Å². The first-order valence-corrected chi connectivity index (χ1v) is 5.78. The third-order valence-electron chi connectivity index (χ3n) is 2.46. The molecule has 1 aromatic heterocycles. The summed E-state index contributed by atoms with van der Waals surface area (Å²) in [7, 11) is 0. The Kier molecular flexibility index (Phi) is 5.68. The van der Waals surface area contributed by atoms with E-state index in [0.717, 1.165) is 25.1 Å². The highest BCUT2D eigenvalue weighted by Crippen LogP contribution is 2.19. The molecular weight excluding hydrogens is 254 g/mol. The summed E-state index contributed by atoms with van der Waals surface area (Å²) >= 11 is 0. The zero-order chi connectivity index (χ0) is 14.3. The second-order valence-electron chi connectivity index (χ2n) is 3.86. The van der Waals surface area contributed by atoms with Gasteiger partial charge in [-0.15, -0.1) is 0 Å². The molecule has 1 rings (SSSR count). The van der Waals surface area contributed by atoms with Crippen LogP contribution in [0.5, 0.6) is 0 Å². The van der Waals surface area contributed by atoms with Gasteiger partial charge in [-0.05, 0) is 29.2 Å². The predicted molar refractivity (Wildman–Crippen MR) is 67.3 cm³/mol. The molecule has 104 valence electrons. The van der Waals surface area contributed by atoms with Gasteiger partial charge >= 0.3 is 11.8 Å². The maximum Gasteiger partial charge on any atom is 0.364 e. The van der Waals surface area contributed by atoms with Crippen LogP contribution >= 0.6 is 0 Å². The van der Waals surface area contributed by atoms with Crippen molar-refractivity contribution in [2.24, 2.45) is 0 Å². The van der Waals surface area contributed by atoms with Crippen molar-refractivity contribution < 1.29 is 19.9 Å². The molecule has 0 radical (unpaired) electrons. The number of aromatic nitrogens is 1. The molecule has 0 atom stereocenters. The van der Waals surface area contributed by atoms with Crippen LogP contribution in [0.15, 0.2) is 12.3 Å². The Bertz CT molecular complexity index is 464. The fourth-order valence-electron chi connectivity index (χ4n) is 1.50. The predicted octanol–water partition coefficient (Wildman–Crippen LogP) is 1.26. The van der Waals surface area contributed by atoms with Gasteiger partial charge in [0, 0.05) is 13.2 Å². The summed E-state index contributed by atoms with van der Waals surface area (Å²) in [6, 6.07) is 0.929. The zero-order valence-corrected chi connectivity index (χ0v) is 10.2. The molecule has 3 N–H and O–H groups in total. The van der Waals surface area contributed by atoms with Crippen LogP contribution in [-0.4, -0.2) is 39.2 Å². The molecule has 0 aliphatic carbocycles. The van der Waals surface area contributed by atoms with Gasteiger partial charge in [0.1, 0.15) is 0 Å². The lowest BCUT2D eigenvalue weighted by Crippen LogP contribution is -2.09. The summed E-state index contributed by atoms with van der Waals surface area (Å²) in [5, 5.41) is 31.0.